The molecule has 2 unspecified atom stereocenters. The van der Waals surface area contributed by atoms with Gasteiger partial charge in [0, 0.05) is 36.2 Å². The first-order chi connectivity index (χ1) is 23.5. The molecule has 9 nitrogen and oxygen atoms in total. The minimum absolute atomic E-state index is 0.0245. The molecule has 2 aliphatic rings. The Morgan fingerprint density at radius 3 is 2.04 bits per heavy atom. The SMILES string of the molecule is CCOc1cc(C(F)(F)F)ccc1C1=NC(c2ccc(Cl)cc2)C(c2ccc(Cl)cc2)N1C(=O)C(=O)N1CCN(C(=O)c2ccco2)CC1. The van der Waals surface area contributed by atoms with Gasteiger partial charge >= 0.3 is 18.0 Å². The van der Waals surface area contributed by atoms with Gasteiger partial charge in [-0.15, -0.1) is 0 Å². The van der Waals surface area contributed by atoms with Crippen molar-refractivity contribution in [1.82, 2.24) is 14.7 Å². The van der Waals surface area contributed by atoms with E-state index in [4.69, 9.17) is 37.3 Å². The van der Waals surface area contributed by atoms with Gasteiger partial charge in [0.25, 0.3) is 5.91 Å². The van der Waals surface area contributed by atoms with Crippen LogP contribution < -0.4 is 4.74 Å². The first kappa shape index (κ1) is 34.1. The third-order valence-electron chi connectivity index (χ3n) is 8.33. The Kier molecular flexibility index (Phi) is 9.71. The van der Waals surface area contributed by atoms with Gasteiger partial charge in [0.15, 0.2) is 5.76 Å². The second kappa shape index (κ2) is 14.0. The Bertz CT molecular complexity index is 1870. The van der Waals surface area contributed by atoms with Gasteiger partial charge in [0.2, 0.25) is 0 Å². The number of carbonyl (C=O) groups is 3. The molecule has 14 heteroatoms. The quantitative estimate of drug-likeness (QED) is 0.200. The van der Waals surface area contributed by atoms with E-state index in [0.717, 1.165) is 12.1 Å². The summed E-state index contributed by atoms with van der Waals surface area (Å²) in [6, 6.07) is 17.8. The van der Waals surface area contributed by atoms with Crippen LogP contribution in [0.5, 0.6) is 5.75 Å². The third-order valence-corrected chi connectivity index (χ3v) is 8.83. The van der Waals surface area contributed by atoms with Crippen molar-refractivity contribution >= 4 is 46.8 Å². The van der Waals surface area contributed by atoms with Crippen LogP contribution in [0.4, 0.5) is 13.2 Å². The molecule has 4 aromatic rings. The van der Waals surface area contributed by atoms with Crippen molar-refractivity contribution < 1.29 is 36.7 Å². The lowest BCUT2D eigenvalue weighted by atomic mass is 9.93. The molecule has 6 rings (SSSR count). The summed E-state index contributed by atoms with van der Waals surface area (Å²) in [5, 5.41) is 0.895. The smallest absolute Gasteiger partial charge is 0.416 e. The first-order valence-corrected chi connectivity index (χ1v) is 16.1. The molecule has 254 valence electrons. The van der Waals surface area contributed by atoms with E-state index >= 15 is 0 Å². The largest absolute Gasteiger partial charge is 0.493 e. The number of benzene rings is 3. The number of carbonyl (C=O) groups excluding carboxylic acids is 3. The number of ether oxygens (including phenoxy) is 1. The van der Waals surface area contributed by atoms with Crippen LogP contribution in [0.15, 0.2) is 94.5 Å². The second-order valence-electron chi connectivity index (χ2n) is 11.3. The van der Waals surface area contributed by atoms with E-state index < -0.39 is 35.6 Å². The Morgan fingerprint density at radius 1 is 0.857 bits per heavy atom. The molecular weight excluding hydrogens is 684 g/mol. The molecule has 3 heterocycles. The molecule has 0 saturated carbocycles. The van der Waals surface area contributed by atoms with Gasteiger partial charge in [0.1, 0.15) is 17.6 Å². The highest BCUT2D eigenvalue weighted by Crippen LogP contribution is 2.46. The Labute approximate surface area is 289 Å². The predicted octanol–water partition coefficient (Wildman–Crippen LogP) is 7.06. The first-order valence-electron chi connectivity index (χ1n) is 15.3. The molecule has 0 aliphatic carbocycles. The van der Waals surface area contributed by atoms with E-state index in [9.17, 15) is 27.6 Å². The number of rotatable bonds is 6. The number of amides is 3. The molecule has 0 radical (unpaired) electrons. The maximum atomic E-state index is 14.5. The molecule has 0 spiro atoms. The highest BCUT2D eigenvalue weighted by molar-refractivity contribution is 6.39. The lowest BCUT2D eigenvalue weighted by Crippen LogP contribution is -2.55. The number of aliphatic imine (C=N–C) groups is 1. The normalized spacial score (nSPS) is 18.0. The summed E-state index contributed by atoms with van der Waals surface area (Å²) < 4.78 is 52.2. The van der Waals surface area contributed by atoms with E-state index in [1.54, 1.807) is 67.6 Å². The fraction of sp³-hybridized carbons (Fsp3) is 0.257. The molecule has 2 aliphatic heterocycles. The van der Waals surface area contributed by atoms with Crippen LogP contribution in [-0.2, 0) is 15.8 Å². The second-order valence-corrected chi connectivity index (χ2v) is 12.2. The average Bonchev–Trinajstić information content (AvgIpc) is 3.77. The number of furan rings is 1. The molecule has 2 atom stereocenters. The van der Waals surface area contributed by atoms with Crippen LogP contribution in [0.2, 0.25) is 10.0 Å². The number of hydrogen-bond donors (Lipinski definition) is 0. The van der Waals surface area contributed by atoms with Gasteiger partial charge < -0.3 is 19.0 Å². The lowest BCUT2D eigenvalue weighted by Gasteiger charge is -2.36. The minimum Gasteiger partial charge on any atom is -0.493 e. The maximum Gasteiger partial charge on any atom is 0.416 e. The van der Waals surface area contributed by atoms with Crippen molar-refractivity contribution in [1.29, 1.82) is 0 Å². The van der Waals surface area contributed by atoms with Crippen molar-refractivity contribution in [3.63, 3.8) is 0 Å². The van der Waals surface area contributed by atoms with Gasteiger partial charge in [-0.25, -0.2) is 0 Å². The van der Waals surface area contributed by atoms with Crippen LogP contribution in [0.3, 0.4) is 0 Å². The topological polar surface area (TPSA) is 95.7 Å². The average molecular weight is 714 g/mol. The minimum atomic E-state index is -4.66. The van der Waals surface area contributed by atoms with Gasteiger partial charge in [-0.05, 0) is 72.6 Å². The summed E-state index contributed by atoms with van der Waals surface area (Å²) >= 11 is 12.4. The van der Waals surface area contributed by atoms with E-state index in [-0.39, 0.29) is 61.6 Å². The molecule has 49 heavy (non-hydrogen) atoms. The van der Waals surface area contributed by atoms with Crippen molar-refractivity contribution in [3.05, 3.63) is 123 Å². The zero-order valence-electron chi connectivity index (χ0n) is 26.0. The molecule has 3 aromatic carbocycles. The van der Waals surface area contributed by atoms with E-state index in [1.807, 2.05) is 0 Å². The van der Waals surface area contributed by atoms with E-state index in [2.05, 4.69) is 0 Å². The zero-order valence-corrected chi connectivity index (χ0v) is 27.5. The number of amidine groups is 1. The molecule has 1 fully saturated rings. The Hall–Kier alpha value is -4.81. The zero-order chi connectivity index (χ0) is 34.9. The highest BCUT2D eigenvalue weighted by Gasteiger charge is 2.46. The Morgan fingerprint density at radius 2 is 1.47 bits per heavy atom. The predicted molar refractivity (Wildman–Crippen MR) is 176 cm³/mol. The maximum absolute atomic E-state index is 14.5. The lowest BCUT2D eigenvalue weighted by molar-refractivity contribution is -0.151. The number of alkyl halides is 3. The summed E-state index contributed by atoms with van der Waals surface area (Å²) in [6.45, 7) is 2.08. The van der Waals surface area contributed by atoms with Crippen molar-refractivity contribution in [3.8, 4) is 5.75 Å². The van der Waals surface area contributed by atoms with Crippen LogP contribution in [-0.4, -0.2) is 71.0 Å². The van der Waals surface area contributed by atoms with Crippen LogP contribution >= 0.6 is 23.2 Å². The van der Waals surface area contributed by atoms with E-state index in [1.165, 1.54) is 27.0 Å². The van der Waals surface area contributed by atoms with Gasteiger partial charge in [-0.3, -0.25) is 24.3 Å². The molecule has 1 saturated heterocycles. The molecule has 3 amide bonds. The molecule has 0 N–H and O–H groups in total. The fourth-order valence-electron chi connectivity index (χ4n) is 5.93. The van der Waals surface area contributed by atoms with Crippen LogP contribution in [0.25, 0.3) is 0 Å². The van der Waals surface area contributed by atoms with Crippen LogP contribution in [0, 0.1) is 0 Å². The van der Waals surface area contributed by atoms with Gasteiger partial charge in [0.05, 0.1) is 30.0 Å². The van der Waals surface area contributed by atoms with E-state index in [0.29, 0.717) is 21.2 Å². The highest BCUT2D eigenvalue weighted by atomic mass is 35.5. The summed E-state index contributed by atoms with van der Waals surface area (Å²) in [5.41, 5.74) is 0.362. The summed E-state index contributed by atoms with van der Waals surface area (Å²) in [7, 11) is 0. The van der Waals surface area contributed by atoms with Gasteiger partial charge in [-0.2, -0.15) is 13.2 Å². The summed E-state index contributed by atoms with van der Waals surface area (Å²) in [5.74, 6) is -2.19. The van der Waals surface area contributed by atoms with Crippen molar-refractivity contribution in [2.75, 3.05) is 32.8 Å². The number of nitrogens with zero attached hydrogens (tertiary/aromatic N) is 4. The summed E-state index contributed by atoms with van der Waals surface area (Å²) in [6.07, 6.45) is -3.27. The number of hydrogen-bond acceptors (Lipinski definition) is 6. The summed E-state index contributed by atoms with van der Waals surface area (Å²) in [4.78, 5) is 50.3. The monoisotopic (exact) mass is 712 g/mol. The Balaban J connectivity index is 1.42. The number of piperazine rings is 1. The molecular formula is C35H29Cl2F3N4O5. The van der Waals surface area contributed by atoms with Gasteiger partial charge in [-0.1, -0.05) is 47.5 Å². The molecule has 0 bridgehead atoms. The van der Waals surface area contributed by atoms with Crippen molar-refractivity contribution in [2.45, 2.75) is 25.2 Å². The standard InChI is InChI=1S/C35H29Cl2F3N4O5/c1-2-48-28-20-23(35(38,39)40)9-14-26(28)31-41-29(21-5-10-24(36)11-6-21)30(22-7-12-25(37)13-8-22)44(31)34(47)33(46)43-17-15-42(16-18-43)32(45)27-4-3-19-49-27/h3-14,19-20,29-30H,2,15-18H2,1H3. The third kappa shape index (κ3) is 7.02. The number of halogens is 5. The van der Waals surface area contributed by atoms with Crippen LogP contribution in [0.1, 0.15) is 51.8 Å². The molecule has 1 aromatic heterocycles. The fourth-order valence-corrected chi connectivity index (χ4v) is 6.18. The van der Waals surface area contributed by atoms with Crippen molar-refractivity contribution in [2.24, 2.45) is 4.99 Å².